The van der Waals surface area contributed by atoms with Crippen molar-refractivity contribution in [2.45, 2.75) is 0 Å². The van der Waals surface area contributed by atoms with Gasteiger partial charge in [-0.25, -0.2) is 9.78 Å². The van der Waals surface area contributed by atoms with E-state index in [-0.39, 0.29) is 6.03 Å². The third-order valence-corrected chi connectivity index (χ3v) is 3.44. The minimum atomic E-state index is -0.360. The molecule has 0 saturated carbocycles. The number of thiazole rings is 1. The molecule has 0 spiro atoms. The first-order chi connectivity index (χ1) is 8.69. The maximum absolute atomic E-state index is 11.7. The van der Waals surface area contributed by atoms with E-state index in [1.165, 1.54) is 11.3 Å². The first kappa shape index (κ1) is 12.8. The zero-order valence-corrected chi connectivity index (χ0v) is 11.8. The smallest absolute Gasteiger partial charge is 0.325 e. The number of amides is 2. The molecule has 94 valence electrons. The number of hydrogen-bond donors (Lipinski definition) is 2. The van der Waals surface area contributed by atoms with E-state index in [1.807, 2.05) is 12.1 Å². The summed E-state index contributed by atoms with van der Waals surface area (Å²) in [6.45, 7) is 0. The van der Waals surface area contributed by atoms with E-state index >= 15 is 0 Å². The lowest BCUT2D eigenvalue weighted by molar-refractivity contribution is 0.262. The first-order valence-electron chi connectivity index (χ1n) is 5.01. The molecule has 2 rings (SSSR count). The highest BCUT2D eigenvalue weighted by Crippen LogP contribution is 2.25. The molecular formula is C11H10BrN3O2S. The Kier molecular flexibility index (Phi) is 4.16. The first-order valence-corrected chi connectivity index (χ1v) is 6.62. The number of nitrogens with zero attached hydrogens (tertiary/aromatic N) is 1. The summed E-state index contributed by atoms with van der Waals surface area (Å²) < 4.78 is 5.99. The molecule has 0 radical (unpaired) electrons. The highest BCUT2D eigenvalue weighted by atomic mass is 79.9. The summed E-state index contributed by atoms with van der Waals surface area (Å²) in [4.78, 5) is 15.7. The van der Waals surface area contributed by atoms with Crippen LogP contribution < -0.4 is 15.4 Å². The van der Waals surface area contributed by atoms with E-state index in [2.05, 4.69) is 31.5 Å². The predicted octanol–water partition coefficient (Wildman–Crippen LogP) is 3.56. The molecule has 0 bridgehead atoms. The van der Waals surface area contributed by atoms with E-state index in [1.54, 1.807) is 25.4 Å². The highest BCUT2D eigenvalue weighted by Gasteiger charge is 2.08. The van der Waals surface area contributed by atoms with Gasteiger partial charge in [-0.2, -0.15) is 0 Å². The van der Waals surface area contributed by atoms with Gasteiger partial charge in [0.25, 0.3) is 0 Å². The summed E-state index contributed by atoms with van der Waals surface area (Å²) in [5.41, 5.74) is 0.605. The molecule has 0 aliphatic heterocycles. The van der Waals surface area contributed by atoms with Crippen LogP contribution in [0.15, 0.2) is 34.2 Å². The van der Waals surface area contributed by atoms with E-state index in [0.29, 0.717) is 16.6 Å². The van der Waals surface area contributed by atoms with Gasteiger partial charge in [-0.05, 0) is 28.1 Å². The van der Waals surface area contributed by atoms with E-state index < -0.39 is 0 Å². The Morgan fingerprint density at radius 1 is 1.39 bits per heavy atom. The number of para-hydroxylation sites is 2. The summed E-state index contributed by atoms with van der Waals surface area (Å²) in [6.07, 6.45) is 1.63. The number of rotatable bonds is 3. The maximum atomic E-state index is 11.7. The summed E-state index contributed by atoms with van der Waals surface area (Å²) in [5.74, 6) is 0.605. The number of benzene rings is 1. The predicted molar refractivity (Wildman–Crippen MR) is 75.4 cm³/mol. The molecule has 7 heteroatoms. The van der Waals surface area contributed by atoms with Crippen LogP contribution in [0.4, 0.5) is 15.6 Å². The number of halogens is 1. The Hall–Kier alpha value is -1.60. The molecule has 1 heterocycles. The zero-order chi connectivity index (χ0) is 13.0. The Balaban J connectivity index is 2.03. The molecule has 1 aromatic heterocycles. The maximum Gasteiger partial charge on any atom is 0.325 e. The SMILES string of the molecule is COc1ccccc1NC(=O)Nc1ncc(Br)s1. The number of hydrogen-bond acceptors (Lipinski definition) is 4. The molecule has 18 heavy (non-hydrogen) atoms. The third kappa shape index (κ3) is 3.21. The Labute approximate surface area is 116 Å². The average molecular weight is 328 g/mol. The van der Waals surface area contributed by atoms with Gasteiger partial charge < -0.3 is 10.1 Å². The molecule has 5 nitrogen and oxygen atoms in total. The van der Waals surface area contributed by atoms with Crippen molar-refractivity contribution in [3.63, 3.8) is 0 Å². The fraction of sp³-hybridized carbons (Fsp3) is 0.0909. The second kappa shape index (κ2) is 5.83. The van der Waals surface area contributed by atoms with Gasteiger partial charge in [-0.15, -0.1) is 0 Å². The topological polar surface area (TPSA) is 63.2 Å². The van der Waals surface area contributed by atoms with Crippen molar-refractivity contribution < 1.29 is 9.53 Å². The quantitative estimate of drug-likeness (QED) is 0.905. The number of aromatic nitrogens is 1. The number of anilines is 2. The normalized spacial score (nSPS) is 9.89. The molecule has 2 N–H and O–H groups in total. The lowest BCUT2D eigenvalue weighted by atomic mass is 10.3. The molecule has 1 aromatic carbocycles. The van der Waals surface area contributed by atoms with Gasteiger partial charge in [0.2, 0.25) is 0 Å². The number of urea groups is 1. The molecular weight excluding hydrogens is 318 g/mol. The van der Waals surface area contributed by atoms with Crippen LogP contribution in [0, 0.1) is 0 Å². The molecule has 2 aromatic rings. The summed E-state index contributed by atoms with van der Waals surface area (Å²) in [7, 11) is 1.55. The van der Waals surface area contributed by atoms with Crippen molar-refractivity contribution in [3.05, 3.63) is 34.2 Å². The van der Waals surface area contributed by atoms with Gasteiger partial charge in [-0.3, -0.25) is 5.32 Å². The Bertz CT molecular complexity index is 559. The van der Waals surface area contributed by atoms with Crippen molar-refractivity contribution in [2.75, 3.05) is 17.7 Å². The highest BCUT2D eigenvalue weighted by molar-refractivity contribution is 9.11. The van der Waals surface area contributed by atoms with Crippen LogP contribution in [0.25, 0.3) is 0 Å². The number of carbonyl (C=O) groups is 1. The van der Waals surface area contributed by atoms with Gasteiger partial charge >= 0.3 is 6.03 Å². The lowest BCUT2D eigenvalue weighted by Gasteiger charge is -2.09. The summed E-state index contributed by atoms with van der Waals surface area (Å²) >= 11 is 4.61. The summed E-state index contributed by atoms with van der Waals surface area (Å²) in [6, 6.07) is 6.82. The van der Waals surface area contributed by atoms with Crippen LogP contribution in [-0.4, -0.2) is 18.1 Å². The van der Waals surface area contributed by atoms with Crippen molar-refractivity contribution in [3.8, 4) is 5.75 Å². The van der Waals surface area contributed by atoms with Crippen LogP contribution >= 0.6 is 27.3 Å². The van der Waals surface area contributed by atoms with Crippen LogP contribution in [0.2, 0.25) is 0 Å². The second-order valence-corrected chi connectivity index (χ2v) is 5.66. The van der Waals surface area contributed by atoms with E-state index in [4.69, 9.17) is 4.74 Å². The van der Waals surface area contributed by atoms with Gasteiger partial charge in [0.1, 0.15) is 5.75 Å². The van der Waals surface area contributed by atoms with Crippen molar-refractivity contribution in [1.29, 1.82) is 0 Å². The van der Waals surface area contributed by atoms with Crippen LogP contribution in [-0.2, 0) is 0 Å². The molecule has 0 unspecified atom stereocenters. The minimum Gasteiger partial charge on any atom is -0.495 e. The van der Waals surface area contributed by atoms with Crippen LogP contribution in [0.5, 0.6) is 5.75 Å². The second-order valence-electron chi connectivity index (χ2n) is 3.25. The average Bonchev–Trinajstić information content (AvgIpc) is 2.75. The minimum absolute atomic E-state index is 0.360. The standard InChI is InChI=1S/C11H10BrN3O2S/c1-17-8-5-3-2-4-7(8)14-10(16)15-11-13-6-9(12)18-11/h2-6H,1H3,(H2,13,14,15,16). The summed E-state index contributed by atoms with van der Waals surface area (Å²) in [5, 5.41) is 5.85. The largest absolute Gasteiger partial charge is 0.495 e. The number of carbonyl (C=O) groups excluding carboxylic acids is 1. The van der Waals surface area contributed by atoms with Crippen molar-refractivity contribution in [1.82, 2.24) is 4.98 Å². The Morgan fingerprint density at radius 3 is 2.83 bits per heavy atom. The van der Waals surface area contributed by atoms with E-state index in [9.17, 15) is 4.79 Å². The molecule has 0 aliphatic carbocycles. The van der Waals surface area contributed by atoms with Crippen molar-refractivity contribution in [2.24, 2.45) is 0 Å². The van der Waals surface area contributed by atoms with E-state index in [0.717, 1.165) is 3.79 Å². The fourth-order valence-corrected chi connectivity index (χ4v) is 2.41. The number of ether oxygens (including phenoxy) is 1. The van der Waals surface area contributed by atoms with Gasteiger partial charge in [0, 0.05) is 0 Å². The van der Waals surface area contributed by atoms with Crippen LogP contribution in [0.3, 0.4) is 0 Å². The lowest BCUT2D eigenvalue weighted by Crippen LogP contribution is -2.19. The Morgan fingerprint density at radius 2 is 2.17 bits per heavy atom. The molecule has 0 saturated heterocycles. The van der Waals surface area contributed by atoms with Crippen molar-refractivity contribution >= 4 is 44.1 Å². The van der Waals surface area contributed by atoms with Gasteiger partial charge in [0.15, 0.2) is 5.13 Å². The third-order valence-electron chi connectivity index (χ3n) is 2.05. The molecule has 2 amide bonds. The molecule has 0 atom stereocenters. The fourth-order valence-electron chi connectivity index (χ4n) is 1.31. The zero-order valence-electron chi connectivity index (χ0n) is 9.44. The monoisotopic (exact) mass is 327 g/mol. The van der Waals surface area contributed by atoms with Gasteiger partial charge in [-0.1, -0.05) is 23.5 Å². The number of nitrogens with one attached hydrogen (secondary N) is 2. The van der Waals surface area contributed by atoms with Gasteiger partial charge in [0.05, 0.1) is 22.8 Å². The van der Waals surface area contributed by atoms with Crippen LogP contribution in [0.1, 0.15) is 0 Å². The number of methoxy groups -OCH3 is 1. The molecule has 0 aliphatic rings. The molecule has 0 fully saturated rings.